The summed E-state index contributed by atoms with van der Waals surface area (Å²) in [6, 6.07) is 28.8. The number of aromatic amines is 1. The van der Waals surface area contributed by atoms with Crippen molar-refractivity contribution >= 4 is 8.53 Å². The zero-order chi connectivity index (χ0) is 38.3. The third kappa shape index (κ3) is 8.43. The molecule has 0 bridgehead atoms. The molecule has 12 heteroatoms. The molecule has 5 rings (SSSR count). The first-order chi connectivity index (χ1) is 25.5. The molecule has 53 heavy (non-hydrogen) atoms. The number of H-pyrrole nitrogens is 1. The third-order valence-electron chi connectivity index (χ3n) is 9.95. The second-order valence-electron chi connectivity index (χ2n) is 13.9. The van der Waals surface area contributed by atoms with Crippen LogP contribution in [0.25, 0.3) is 0 Å². The zero-order valence-corrected chi connectivity index (χ0v) is 32.7. The van der Waals surface area contributed by atoms with E-state index in [2.05, 4.69) is 86.7 Å². The Morgan fingerprint density at radius 1 is 0.906 bits per heavy atom. The molecule has 0 spiro atoms. The number of rotatable bonds is 16. The second-order valence-corrected chi connectivity index (χ2v) is 15.3. The van der Waals surface area contributed by atoms with Gasteiger partial charge in [-0.2, -0.15) is 5.26 Å². The molecule has 0 saturated carbocycles. The summed E-state index contributed by atoms with van der Waals surface area (Å²) in [6.07, 6.45) is 0.151. The molecule has 1 saturated heterocycles. The van der Waals surface area contributed by atoms with Crippen molar-refractivity contribution in [2.45, 2.75) is 90.3 Å². The number of methoxy groups -OCH3 is 2. The van der Waals surface area contributed by atoms with Crippen LogP contribution in [0.5, 0.6) is 11.5 Å². The van der Waals surface area contributed by atoms with Crippen molar-refractivity contribution < 1.29 is 23.3 Å². The molecule has 0 amide bonds. The monoisotopic (exact) mass is 742 g/mol. The first-order valence-electron chi connectivity index (χ1n) is 18.0. The molecule has 1 aromatic heterocycles. The topological polar surface area (TPSA) is 128 Å². The molecule has 2 heterocycles. The van der Waals surface area contributed by atoms with E-state index in [0.29, 0.717) is 12.0 Å². The van der Waals surface area contributed by atoms with E-state index >= 15 is 0 Å². The normalized spacial score (nSPS) is 18.6. The van der Waals surface area contributed by atoms with E-state index in [1.54, 1.807) is 27.3 Å². The Kier molecular flexibility index (Phi) is 13.3. The van der Waals surface area contributed by atoms with Crippen LogP contribution >= 0.6 is 8.53 Å². The predicted octanol–water partition coefficient (Wildman–Crippen LogP) is 7.48. The van der Waals surface area contributed by atoms with E-state index in [0.717, 1.165) is 28.2 Å². The number of hydrogen-bond acceptors (Lipinski definition) is 9. The minimum Gasteiger partial charge on any atom is -0.497 e. The lowest BCUT2D eigenvalue weighted by atomic mass is 9.60. The maximum Gasteiger partial charge on any atom is 0.330 e. The number of ether oxygens (including phenoxy) is 3. The lowest BCUT2D eigenvalue weighted by Gasteiger charge is -2.45. The molecule has 4 aromatic rings. The van der Waals surface area contributed by atoms with E-state index in [4.69, 9.17) is 23.3 Å². The van der Waals surface area contributed by atoms with Gasteiger partial charge in [0.25, 0.3) is 14.1 Å². The van der Waals surface area contributed by atoms with Gasteiger partial charge in [-0.25, -0.2) is 9.46 Å². The second kappa shape index (κ2) is 17.7. The lowest BCUT2D eigenvalue weighted by molar-refractivity contribution is -0.0548. The first kappa shape index (κ1) is 39.9. The van der Waals surface area contributed by atoms with Crippen LogP contribution in [0.1, 0.15) is 75.9 Å². The van der Waals surface area contributed by atoms with Crippen LogP contribution in [0, 0.1) is 24.2 Å². The van der Waals surface area contributed by atoms with Crippen LogP contribution < -0.4 is 20.7 Å². The van der Waals surface area contributed by atoms with Crippen LogP contribution in [0.2, 0.25) is 0 Å². The number of aromatic nitrogens is 2. The number of nitrogens with one attached hydrogen (secondary N) is 1. The van der Waals surface area contributed by atoms with Gasteiger partial charge in [-0.3, -0.25) is 14.3 Å². The van der Waals surface area contributed by atoms with E-state index in [1.165, 1.54) is 4.57 Å². The van der Waals surface area contributed by atoms with E-state index in [1.807, 2.05) is 42.5 Å². The lowest BCUT2D eigenvalue weighted by Crippen LogP contribution is -2.46. The molecule has 1 fully saturated rings. The van der Waals surface area contributed by atoms with Crippen LogP contribution in [0.3, 0.4) is 0 Å². The number of benzene rings is 3. The quantitative estimate of drug-likeness (QED) is 0.0706. The fraction of sp³-hybridized carbons (Fsp3) is 0.439. The van der Waals surface area contributed by atoms with Gasteiger partial charge in [-0.1, -0.05) is 61.5 Å². The van der Waals surface area contributed by atoms with Gasteiger partial charge in [-0.05, 0) is 75.6 Å². The summed E-state index contributed by atoms with van der Waals surface area (Å²) in [5.74, 6) is 1.13. The Bertz CT molecular complexity index is 1890. The Balaban J connectivity index is 1.73. The predicted molar refractivity (Wildman–Crippen MR) is 206 cm³/mol. The van der Waals surface area contributed by atoms with Gasteiger partial charge < -0.3 is 23.3 Å². The van der Waals surface area contributed by atoms with E-state index in [-0.39, 0.29) is 31.0 Å². The van der Waals surface area contributed by atoms with Crippen molar-refractivity contribution in [1.29, 1.82) is 5.26 Å². The fourth-order valence-corrected chi connectivity index (χ4v) is 9.28. The Labute approximate surface area is 313 Å². The Hall–Kier alpha value is -4.30. The number of hydrogen-bond donors (Lipinski definition) is 1. The van der Waals surface area contributed by atoms with Gasteiger partial charge in [0.2, 0.25) is 0 Å². The first-order valence-corrected chi connectivity index (χ1v) is 19.2. The molecular weight excluding hydrogens is 691 g/mol. The van der Waals surface area contributed by atoms with Gasteiger partial charge in [0, 0.05) is 36.2 Å². The summed E-state index contributed by atoms with van der Waals surface area (Å²) in [6.45, 7) is 12.4. The van der Waals surface area contributed by atoms with Crippen molar-refractivity contribution in [3.8, 4) is 17.6 Å². The minimum atomic E-state index is -1.67. The average molecular weight is 743 g/mol. The summed E-state index contributed by atoms with van der Waals surface area (Å²) in [5, 5.41) is 9.37. The van der Waals surface area contributed by atoms with Crippen molar-refractivity contribution in [1.82, 2.24) is 14.2 Å². The highest BCUT2D eigenvalue weighted by Crippen LogP contribution is 2.55. The molecule has 282 valence electrons. The Morgan fingerprint density at radius 3 is 1.96 bits per heavy atom. The van der Waals surface area contributed by atoms with Crippen LogP contribution in [-0.4, -0.2) is 59.3 Å². The largest absolute Gasteiger partial charge is 0.497 e. The van der Waals surface area contributed by atoms with Gasteiger partial charge >= 0.3 is 5.69 Å². The molecule has 1 aliphatic rings. The van der Waals surface area contributed by atoms with Crippen LogP contribution in [0.4, 0.5) is 0 Å². The maximum absolute atomic E-state index is 13.3. The highest BCUT2D eigenvalue weighted by molar-refractivity contribution is 7.44. The SMILES string of the molecule is COc1ccc(C(c2ccccc2)(c2ccc(OC)cc2)[C@H](C)[C@@H]2O[C@@H](n3cc(C)c(=O)[nH]c3=O)C[C@H]2OP(OCCC#N)N(C(C)C)C(C)C)cc1. The summed E-state index contributed by atoms with van der Waals surface area (Å²) in [5.41, 5.74) is 1.62. The fourth-order valence-electron chi connectivity index (χ4n) is 7.53. The minimum absolute atomic E-state index is 0.0728. The van der Waals surface area contributed by atoms with Crippen LogP contribution in [0.15, 0.2) is 94.6 Å². The van der Waals surface area contributed by atoms with Crippen molar-refractivity contribution in [3.05, 3.63) is 128 Å². The molecule has 0 aliphatic carbocycles. The van der Waals surface area contributed by atoms with Gasteiger partial charge in [0.15, 0.2) is 0 Å². The zero-order valence-electron chi connectivity index (χ0n) is 31.8. The van der Waals surface area contributed by atoms with Gasteiger partial charge in [-0.15, -0.1) is 0 Å². The summed E-state index contributed by atoms with van der Waals surface area (Å²) < 4.78 is 35.3. The van der Waals surface area contributed by atoms with E-state index in [9.17, 15) is 14.9 Å². The molecular formula is C41H51N4O7P. The van der Waals surface area contributed by atoms with Crippen molar-refractivity contribution in [3.63, 3.8) is 0 Å². The molecule has 11 nitrogen and oxygen atoms in total. The Morgan fingerprint density at radius 2 is 1.45 bits per heavy atom. The molecule has 1 aliphatic heterocycles. The number of nitrogens with zero attached hydrogens (tertiary/aromatic N) is 3. The highest BCUT2D eigenvalue weighted by atomic mass is 31.2. The number of nitriles is 1. The third-order valence-corrected chi connectivity index (χ3v) is 12.1. The smallest absolute Gasteiger partial charge is 0.330 e. The molecule has 0 radical (unpaired) electrons. The van der Waals surface area contributed by atoms with E-state index < -0.39 is 43.6 Å². The summed E-state index contributed by atoms with van der Waals surface area (Å²) >= 11 is 0. The summed E-state index contributed by atoms with van der Waals surface area (Å²) in [7, 11) is 1.62. The number of aryl methyl sites for hydroxylation is 1. The van der Waals surface area contributed by atoms with Gasteiger partial charge in [0.05, 0.1) is 50.9 Å². The highest BCUT2D eigenvalue weighted by Gasteiger charge is 2.52. The van der Waals surface area contributed by atoms with Gasteiger partial charge in [0.1, 0.15) is 17.7 Å². The maximum atomic E-state index is 13.3. The summed E-state index contributed by atoms with van der Waals surface area (Å²) in [4.78, 5) is 28.2. The molecule has 5 atom stereocenters. The molecule has 1 N–H and O–H groups in total. The van der Waals surface area contributed by atoms with Crippen LogP contribution in [-0.2, 0) is 19.2 Å². The van der Waals surface area contributed by atoms with Crippen molar-refractivity contribution in [2.75, 3.05) is 20.8 Å². The molecule has 3 aromatic carbocycles. The standard InChI is InChI=1S/C41H51N4O7P/c1-27(2)45(28(3)4)53(50-24-12-23-42)52-36-25-37(44-26-29(5)39(46)43-40(44)47)51-38(36)30(6)41(31-13-10-9-11-14-31,32-15-19-34(48-7)20-16-32)33-17-21-35(49-8)22-18-33/h9-11,13-22,26-28,30,36-38H,12,24-25H2,1-8H3,(H,43,46,47)/t30-,36-,37-,38+,53?/m1/s1. The average Bonchev–Trinajstić information content (AvgIpc) is 3.57. The van der Waals surface area contributed by atoms with Crippen molar-refractivity contribution in [2.24, 2.45) is 5.92 Å². The molecule has 1 unspecified atom stereocenters.